The van der Waals surface area contributed by atoms with Gasteiger partial charge in [0.05, 0.1) is 0 Å². The van der Waals surface area contributed by atoms with Gasteiger partial charge in [-0.25, -0.2) is 0 Å². The molecule has 0 radical (unpaired) electrons. The molecule has 110 valence electrons. The minimum atomic E-state index is -0.481. The smallest absolute Gasteiger partial charge is 0.289 e. The highest BCUT2D eigenvalue weighted by Gasteiger charge is 2.27. The Morgan fingerprint density at radius 2 is 1.85 bits per heavy atom. The number of hydrogen-bond acceptors (Lipinski definition) is 4. The van der Waals surface area contributed by atoms with Gasteiger partial charge in [-0.2, -0.15) is 0 Å². The zero-order chi connectivity index (χ0) is 14.7. The molecule has 0 saturated carbocycles. The lowest BCUT2D eigenvalue weighted by Gasteiger charge is -2.34. The molecule has 6 nitrogen and oxygen atoms in total. The number of aliphatic hydroxyl groups excluding tert-OH is 1. The van der Waals surface area contributed by atoms with Crippen LogP contribution in [0.25, 0.3) is 0 Å². The monoisotopic (exact) mass is 280 g/mol. The molecule has 1 aliphatic rings. The molecule has 1 fully saturated rings. The number of amides is 2. The normalized spacial score (nSPS) is 15.6. The topological polar surface area (TPSA) is 74.0 Å². The molecule has 6 heteroatoms. The highest BCUT2D eigenvalue weighted by Crippen LogP contribution is 2.18. The second-order valence-electron chi connectivity index (χ2n) is 4.91. The first-order valence-corrected chi connectivity index (χ1v) is 6.84. The molecule has 1 saturated heterocycles. The number of furan rings is 1. The van der Waals surface area contributed by atoms with E-state index in [1.54, 1.807) is 9.80 Å². The van der Waals surface area contributed by atoms with Crippen molar-refractivity contribution in [3.05, 3.63) is 23.2 Å². The number of piperazine rings is 1. The number of aliphatic hydroxyl groups is 1. The maximum Gasteiger partial charge on any atom is 0.289 e. The van der Waals surface area contributed by atoms with Crippen molar-refractivity contribution in [2.45, 2.75) is 20.3 Å². The van der Waals surface area contributed by atoms with Crippen molar-refractivity contribution in [1.29, 1.82) is 0 Å². The van der Waals surface area contributed by atoms with E-state index in [0.29, 0.717) is 31.9 Å². The van der Waals surface area contributed by atoms with E-state index in [2.05, 4.69) is 0 Å². The van der Waals surface area contributed by atoms with Crippen LogP contribution >= 0.6 is 0 Å². The third kappa shape index (κ3) is 2.85. The van der Waals surface area contributed by atoms with Crippen LogP contribution in [-0.4, -0.2) is 59.5 Å². The number of carbonyl (C=O) groups is 2. The van der Waals surface area contributed by atoms with Crippen LogP contribution in [0, 0.1) is 6.92 Å². The maximum absolute atomic E-state index is 12.4. The zero-order valence-electron chi connectivity index (χ0n) is 11.9. The van der Waals surface area contributed by atoms with Crippen molar-refractivity contribution < 1.29 is 19.1 Å². The van der Waals surface area contributed by atoms with Crippen LogP contribution < -0.4 is 0 Å². The van der Waals surface area contributed by atoms with E-state index in [0.717, 1.165) is 17.7 Å². The molecule has 1 aromatic heterocycles. The van der Waals surface area contributed by atoms with Gasteiger partial charge in [0.25, 0.3) is 5.91 Å². The number of aryl methyl sites for hydroxylation is 2. The SMILES string of the molecule is CCc1cc(C)c(C(=O)N2CCN(C(=O)CO)CC2)o1. The minimum absolute atomic E-state index is 0.127. The molecule has 20 heavy (non-hydrogen) atoms. The Hall–Kier alpha value is -1.82. The third-order valence-electron chi connectivity index (χ3n) is 3.57. The van der Waals surface area contributed by atoms with Crippen molar-refractivity contribution in [3.63, 3.8) is 0 Å². The van der Waals surface area contributed by atoms with E-state index < -0.39 is 6.61 Å². The van der Waals surface area contributed by atoms with Crippen LogP contribution in [0.4, 0.5) is 0 Å². The fourth-order valence-corrected chi connectivity index (χ4v) is 2.34. The van der Waals surface area contributed by atoms with Gasteiger partial charge < -0.3 is 19.3 Å². The van der Waals surface area contributed by atoms with Crippen LogP contribution in [0.1, 0.15) is 28.8 Å². The molecule has 0 bridgehead atoms. The van der Waals surface area contributed by atoms with Crippen molar-refractivity contribution in [2.75, 3.05) is 32.8 Å². The van der Waals surface area contributed by atoms with Gasteiger partial charge in [0.2, 0.25) is 5.91 Å². The third-order valence-corrected chi connectivity index (χ3v) is 3.57. The fraction of sp³-hybridized carbons (Fsp3) is 0.571. The number of hydrogen-bond donors (Lipinski definition) is 1. The van der Waals surface area contributed by atoms with Crippen LogP contribution in [0.2, 0.25) is 0 Å². The van der Waals surface area contributed by atoms with Gasteiger partial charge in [-0.05, 0) is 13.0 Å². The van der Waals surface area contributed by atoms with Gasteiger partial charge in [0, 0.05) is 38.2 Å². The first kappa shape index (κ1) is 14.6. The predicted molar refractivity (Wildman–Crippen MR) is 72.4 cm³/mol. The molecule has 0 atom stereocenters. The second-order valence-corrected chi connectivity index (χ2v) is 4.91. The molecule has 2 heterocycles. The van der Waals surface area contributed by atoms with E-state index in [1.165, 1.54) is 0 Å². The van der Waals surface area contributed by atoms with E-state index in [1.807, 2.05) is 19.9 Å². The molecule has 1 N–H and O–H groups in total. The summed E-state index contributed by atoms with van der Waals surface area (Å²) < 4.78 is 5.56. The van der Waals surface area contributed by atoms with Crippen molar-refractivity contribution in [1.82, 2.24) is 9.80 Å². The highest BCUT2D eigenvalue weighted by molar-refractivity contribution is 5.93. The average molecular weight is 280 g/mol. The Bertz CT molecular complexity index is 501. The molecule has 2 rings (SSSR count). The molecular weight excluding hydrogens is 260 g/mol. The Kier molecular flexibility index (Phi) is 4.44. The van der Waals surface area contributed by atoms with Crippen LogP contribution in [0.15, 0.2) is 10.5 Å². The summed E-state index contributed by atoms with van der Waals surface area (Å²) in [7, 11) is 0. The highest BCUT2D eigenvalue weighted by atomic mass is 16.4. The van der Waals surface area contributed by atoms with Crippen molar-refractivity contribution >= 4 is 11.8 Å². The Morgan fingerprint density at radius 1 is 1.25 bits per heavy atom. The van der Waals surface area contributed by atoms with E-state index >= 15 is 0 Å². The minimum Gasteiger partial charge on any atom is -0.456 e. The van der Waals surface area contributed by atoms with E-state index in [4.69, 9.17) is 9.52 Å². The van der Waals surface area contributed by atoms with Gasteiger partial charge in [0.1, 0.15) is 12.4 Å². The quantitative estimate of drug-likeness (QED) is 0.871. The molecule has 0 unspecified atom stereocenters. The first-order valence-electron chi connectivity index (χ1n) is 6.84. The summed E-state index contributed by atoms with van der Waals surface area (Å²) in [6.07, 6.45) is 0.757. The summed E-state index contributed by atoms with van der Waals surface area (Å²) in [4.78, 5) is 27.0. The number of rotatable bonds is 3. The summed E-state index contributed by atoms with van der Waals surface area (Å²) in [6.45, 7) is 5.19. The molecule has 0 aromatic carbocycles. The van der Waals surface area contributed by atoms with E-state index in [-0.39, 0.29) is 11.8 Å². The van der Waals surface area contributed by atoms with Crippen molar-refractivity contribution in [2.24, 2.45) is 0 Å². The lowest BCUT2D eigenvalue weighted by molar-refractivity contribution is -0.135. The summed E-state index contributed by atoms with van der Waals surface area (Å²) in [5.74, 6) is 0.779. The first-order chi connectivity index (χ1) is 9.56. The molecule has 1 aromatic rings. The molecular formula is C14H20N2O4. The number of carbonyl (C=O) groups excluding carboxylic acids is 2. The maximum atomic E-state index is 12.4. The van der Waals surface area contributed by atoms with Crippen LogP contribution in [0.5, 0.6) is 0 Å². The van der Waals surface area contributed by atoms with E-state index in [9.17, 15) is 9.59 Å². The summed E-state index contributed by atoms with van der Waals surface area (Å²) in [5.41, 5.74) is 0.848. The Morgan fingerprint density at radius 3 is 2.35 bits per heavy atom. The van der Waals surface area contributed by atoms with Gasteiger partial charge >= 0.3 is 0 Å². The lowest BCUT2D eigenvalue weighted by atomic mass is 10.2. The average Bonchev–Trinajstić information content (AvgIpc) is 2.87. The molecule has 1 aliphatic heterocycles. The van der Waals surface area contributed by atoms with Gasteiger partial charge in [0.15, 0.2) is 5.76 Å². The van der Waals surface area contributed by atoms with Gasteiger partial charge in [-0.15, -0.1) is 0 Å². The van der Waals surface area contributed by atoms with Crippen molar-refractivity contribution in [3.8, 4) is 0 Å². The molecule has 2 amide bonds. The van der Waals surface area contributed by atoms with Gasteiger partial charge in [-0.1, -0.05) is 6.92 Å². The van der Waals surface area contributed by atoms with Gasteiger partial charge in [-0.3, -0.25) is 9.59 Å². The summed E-state index contributed by atoms with van der Waals surface area (Å²) in [5, 5.41) is 8.82. The molecule has 0 spiro atoms. The fourth-order valence-electron chi connectivity index (χ4n) is 2.34. The largest absolute Gasteiger partial charge is 0.456 e. The summed E-state index contributed by atoms with van der Waals surface area (Å²) >= 11 is 0. The second kappa shape index (κ2) is 6.09. The number of nitrogens with zero attached hydrogens (tertiary/aromatic N) is 2. The van der Waals surface area contributed by atoms with Crippen LogP contribution in [-0.2, 0) is 11.2 Å². The summed E-state index contributed by atoms with van der Waals surface area (Å²) in [6, 6.07) is 1.89. The standard InChI is InChI=1S/C14H20N2O4/c1-3-11-8-10(2)13(20-11)14(19)16-6-4-15(5-7-16)12(18)9-17/h8,17H,3-7,9H2,1-2H3. The Labute approximate surface area is 118 Å². The molecule has 0 aliphatic carbocycles. The predicted octanol–water partition coefficient (Wildman–Crippen LogP) is 0.427. The zero-order valence-corrected chi connectivity index (χ0v) is 11.9. The Balaban J connectivity index is 2.01. The van der Waals surface area contributed by atoms with Crippen LogP contribution in [0.3, 0.4) is 0 Å². The lowest BCUT2D eigenvalue weighted by Crippen LogP contribution is -2.51.